The average molecular weight is 503 g/mol. The largest absolute Gasteiger partial charge is 0.472 e. The molecule has 37 heavy (non-hydrogen) atoms. The van der Waals surface area contributed by atoms with Crippen LogP contribution in [0.2, 0.25) is 0 Å². The van der Waals surface area contributed by atoms with Crippen LogP contribution in [0.1, 0.15) is 41.0 Å². The SMILES string of the molecule is C[C@H]1CN([C@@H](C)CO)C(=O)c2cc(C#Cc3ccc(F)cc3)cnc2O[C@H]1CN(C)Cc1ccccn1. The van der Waals surface area contributed by atoms with Crippen LogP contribution < -0.4 is 4.74 Å². The molecule has 0 spiro atoms. The zero-order chi connectivity index (χ0) is 26.4. The summed E-state index contributed by atoms with van der Waals surface area (Å²) in [5.41, 5.74) is 2.44. The molecule has 0 unspecified atom stereocenters. The Morgan fingerprint density at radius 3 is 2.65 bits per heavy atom. The summed E-state index contributed by atoms with van der Waals surface area (Å²) < 4.78 is 19.5. The minimum Gasteiger partial charge on any atom is -0.472 e. The number of carbonyl (C=O) groups excluding carboxylic acids is 1. The Balaban J connectivity index is 1.62. The maximum absolute atomic E-state index is 13.6. The summed E-state index contributed by atoms with van der Waals surface area (Å²) in [4.78, 5) is 26.2. The fourth-order valence-electron chi connectivity index (χ4n) is 4.21. The second kappa shape index (κ2) is 12.0. The molecule has 7 nitrogen and oxygen atoms in total. The van der Waals surface area contributed by atoms with Crippen LogP contribution in [0, 0.1) is 23.6 Å². The van der Waals surface area contributed by atoms with Crippen molar-refractivity contribution in [3.8, 4) is 17.7 Å². The standard InChI is InChI=1S/C29H31FN4O3/c1-20-16-34(21(2)19-35)29(36)26-14-23(8-7-22-9-11-24(30)12-10-22)15-32-28(26)37-27(20)18-33(3)17-25-6-4-5-13-31-25/h4-6,9-15,20-21,27,35H,16-19H2,1-3H3/t20-,21-,27-/m0/s1. The second-order valence-electron chi connectivity index (χ2n) is 9.47. The quantitative estimate of drug-likeness (QED) is 0.521. The molecule has 4 rings (SSSR count). The first-order chi connectivity index (χ1) is 17.8. The number of benzene rings is 1. The van der Waals surface area contributed by atoms with Crippen molar-refractivity contribution in [3.63, 3.8) is 0 Å². The zero-order valence-corrected chi connectivity index (χ0v) is 21.3. The van der Waals surface area contributed by atoms with E-state index in [1.807, 2.05) is 39.1 Å². The lowest BCUT2D eigenvalue weighted by Gasteiger charge is -2.37. The highest BCUT2D eigenvalue weighted by atomic mass is 19.1. The molecule has 192 valence electrons. The molecule has 3 heterocycles. The van der Waals surface area contributed by atoms with Crippen LogP contribution in [0.3, 0.4) is 0 Å². The number of ether oxygens (including phenoxy) is 1. The van der Waals surface area contributed by atoms with Gasteiger partial charge in [-0.05, 0) is 56.4 Å². The highest BCUT2D eigenvalue weighted by Gasteiger charge is 2.34. The number of nitrogens with zero attached hydrogens (tertiary/aromatic N) is 4. The number of carbonyl (C=O) groups is 1. The molecule has 0 aliphatic carbocycles. The number of amides is 1. The smallest absolute Gasteiger partial charge is 0.259 e. The Kier molecular flexibility index (Phi) is 8.49. The highest BCUT2D eigenvalue weighted by Crippen LogP contribution is 2.27. The van der Waals surface area contributed by atoms with Gasteiger partial charge in [-0.15, -0.1) is 0 Å². The monoisotopic (exact) mass is 502 g/mol. The molecule has 1 N–H and O–H groups in total. The van der Waals surface area contributed by atoms with Crippen molar-refractivity contribution in [1.82, 2.24) is 19.8 Å². The first-order valence-corrected chi connectivity index (χ1v) is 12.3. The van der Waals surface area contributed by atoms with E-state index in [0.29, 0.717) is 36.3 Å². The normalized spacial score (nSPS) is 18.2. The number of rotatable bonds is 6. The van der Waals surface area contributed by atoms with Gasteiger partial charge in [0.25, 0.3) is 5.91 Å². The molecule has 3 atom stereocenters. The predicted octanol–water partition coefficient (Wildman–Crippen LogP) is 3.37. The summed E-state index contributed by atoms with van der Waals surface area (Å²) in [6.45, 7) is 5.38. The van der Waals surface area contributed by atoms with Crippen molar-refractivity contribution in [2.24, 2.45) is 5.92 Å². The van der Waals surface area contributed by atoms with Crippen molar-refractivity contribution in [2.45, 2.75) is 32.5 Å². The molecular weight excluding hydrogens is 471 g/mol. The van der Waals surface area contributed by atoms with E-state index in [9.17, 15) is 14.3 Å². The van der Waals surface area contributed by atoms with Gasteiger partial charge in [-0.3, -0.25) is 14.7 Å². The zero-order valence-electron chi connectivity index (χ0n) is 21.3. The number of pyridine rings is 2. The average Bonchev–Trinajstić information content (AvgIpc) is 2.90. The van der Waals surface area contributed by atoms with Crippen LogP contribution in [-0.2, 0) is 6.54 Å². The Labute approximate surface area is 216 Å². The van der Waals surface area contributed by atoms with Crippen LogP contribution in [0.15, 0.2) is 60.9 Å². The van der Waals surface area contributed by atoms with Gasteiger partial charge < -0.3 is 14.7 Å². The van der Waals surface area contributed by atoms with Crippen LogP contribution in [-0.4, -0.2) is 69.7 Å². The molecule has 0 fully saturated rings. The van der Waals surface area contributed by atoms with Gasteiger partial charge in [0.15, 0.2) is 0 Å². The third-order valence-electron chi connectivity index (χ3n) is 6.37. The first kappa shape index (κ1) is 26.3. The van der Waals surface area contributed by atoms with Crippen molar-refractivity contribution < 1.29 is 19.0 Å². The molecule has 0 saturated carbocycles. The fourth-order valence-corrected chi connectivity index (χ4v) is 4.21. The van der Waals surface area contributed by atoms with E-state index >= 15 is 0 Å². The number of halogens is 1. The molecule has 1 aromatic carbocycles. The summed E-state index contributed by atoms with van der Waals surface area (Å²) in [6, 6.07) is 13.0. The predicted molar refractivity (Wildman–Crippen MR) is 138 cm³/mol. The van der Waals surface area contributed by atoms with Gasteiger partial charge in [-0.1, -0.05) is 24.8 Å². The summed E-state index contributed by atoms with van der Waals surface area (Å²) in [6.07, 6.45) is 3.09. The number of hydrogen-bond donors (Lipinski definition) is 1. The molecule has 0 bridgehead atoms. The second-order valence-corrected chi connectivity index (χ2v) is 9.47. The van der Waals surface area contributed by atoms with Crippen LogP contribution >= 0.6 is 0 Å². The molecule has 1 amide bonds. The number of aliphatic hydroxyl groups is 1. The summed E-state index contributed by atoms with van der Waals surface area (Å²) in [5.74, 6) is 5.61. The van der Waals surface area contributed by atoms with Gasteiger partial charge in [0.1, 0.15) is 17.5 Å². The first-order valence-electron chi connectivity index (χ1n) is 12.3. The van der Waals surface area contributed by atoms with Crippen molar-refractivity contribution in [3.05, 3.63) is 89.1 Å². The van der Waals surface area contributed by atoms with E-state index in [-0.39, 0.29) is 42.3 Å². The lowest BCUT2D eigenvalue weighted by Crippen LogP contribution is -2.49. The number of aromatic nitrogens is 2. The van der Waals surface area contributed by atoms with Gasteiger partial charge in [-0.25, -0.2) is 9.37 Å². The summed E-state index contributed by atoms with van der Waals surface area (Å²) in [7, 11) is 2.01. The Hall–Kier alpha value is -3.80. The Morgan fingerprint density at radius 1 is 1.19 bits per heavy atom. The molecule has 2 aromatic heterocycles. The Morgan fingerprint density at radius 2 is 1.95 bits per heavy atom. The lowest BCUT2D eigenvalue weighted by atomic mass is 10.00. The van der Waals surface area contributed by atoms with E-state index in [2.05, 4.69) is 26.7 Å². The van der Waals surface area contributed by atoms with E-state index in [0.717, 1.165) is 5.69 Å². The van der Waals surface area contributed by atoms with E-state index in [1.165, 1.54) is 12.1 Å². The van der Waals surface area contributed by atoms with Gasteiger partial charge in [0, 0.05) is 49.1 Å². The number of likely N-dealkylation sites (N-methyl/N-ethyl adjacent to an activating group) is 1. The number of fused-ring (bicyclic) bond motifs is 1. The van der Waals surface area contributed by atoms with Gasteiger partial charge in [0.05, 0.1) is 18.3 Å². The minimum atomic E-state index is -0.373. The maximum Gasteiger partial charge on any atom is 0.259 e. The molecule has 8 heteroatoms. The lowest BCUT2D eigenvalue weighted by molar-refractivity contribution is 0.0324. The maximum atomic E-state index is 13.6. The fraction of sp³-hybridized carbons (Fsp3) is 0.345. The molecule has 0 saturated heterocycles. The molecule has 1 aliphatic rings. The third kappa shape index (κ3) is 6.70. The van der Waals surface area contributed by atoms with Gasteiger partial charge in [0.2, 0.25) is 5.88 Å². The summed E-state index contributed by atoms with van der Waals surface area (Å²) >= 11 is 0. The van der Waals surface area contributed by atoms with Crippen LogP contribution in [0.25, 0.3) is 0 Å². The molecule has 1 aliphatic heterocycles. The molecule has 3 aromatic rings. The van der Waals surface area contributed by atoms with Crippen LogP contribution in [0.4, 0.5) is 4.39 Å². The molecular formula is C29H31FN4O3. The Bertz CT molecular complexity index is 1270. The van der Waals surface area contributed by atoms with Crippen molar-refractivity contribution in [1.29, 1.82) is 0 Å². The number of aliphatic hydroxyl groups excluding tert-OH is 1. The topological polar surface area (TPSA) is 78.8 Å². The van der Waals surface area contributed by atoms with E-state index in [4.69, 9.17) is 4.74 Å². The summed E-state index contributed by atoms with van der Waals surface area (Å²) in [5, 5.41) is 9.86. The van der Waals surface area contributed by atoms with Gasteiger partial charge >= 0.3 is 0 Å². The molecule has 0 radical (unpaired) electrons. The van der Waals surface area contributed by atoms with E-state index in [1.54, 1.807) is 35.5 Å². The van der Waals surface area contributed by atoms with Crippen LogP contribution in [0.5, 0.6) is 5.88 Å². The highest BCUT2D eigenvalue weighted by molar-refractivity contribution is 5.97. The van der Waals surface area contributed by atoms with Crippen molar-refractivity contribution in [2.75, 3.05) is 26.7 Å². The number of hydrogen-bond acceptors (Lipinski definition) is 6. The van der Waals surface area contributed by atoms with E-state index < -0.39 is 0 Å². The van der Waals surface area contributed by atoms with Gasteiger partial charge in [-0.2, -0.15) is 0 Å². The third-order valence-corrected chi connectivity index (χ3v) is 6.37. The van der Waals surface area contributed by atoms with Crippen molar-refractivity contribution >= 4 is 5.91 Å². The minimum absolute atomic E-state index is 0.0166.